The van der Waals surface area contributed by atoms with Crippen LogP contribution < -0.4 is 5.32 Å². The second-order valence-corrected chi connectivity index (χ2v) is 7.92. The van der Waals surface area contributed by atoms with Gasteiger partial charge in [-0.05, 0) is 48.8 Å². The summed E-state index contributed by atoms with van der Waals surface area (Å²) in [5, 5.41) is 15.7. The number of hydrogen-bond acceptors (Lipinski definition) is 5. The van der Waals surface area contributed by atoms with Crippen LogP contribution in [-0.4, -0.2) is 27.1 Å². The Labute approximate surface area is 162 Å². The third-order valence-electron chi connectivity index (χ3n) is 5.22. The molecule has 2 heterocycles. The van der Waals surface area contributed by atoms with Gasteiger partial charge in [-0.25, -0.2) is 14.8 Å². The van der Waals surface area contributed by atoms with E-state index in [1.54, 1.807) is 11.3 Å². The Bertz CT molecular complexity index is 983. The number of benzene rings is 1. The molecule has 6 heteroatoms. The first kappa shape index (κ1) is 17.9. The van der Waals surface area contributed by atoms with Crippen LogP contribution in [0.4, 0.5) is 5.82 Å². The van der Waals surface area contributed by atoms with E-state index in [2.05, 4.69) is 38.9 Å². The van der Waals surface area contributed by atoms with Crippen LogP contribution in [0.1, 0.15) is 43.7 Å². The molecule has 2 N–H and O–H groups in total. The standard InChI is InChI=1S/C21H23N3O2S/c1-2-5-17(21(25)26)24-19-18-16(11-27-20(18)23-12-22-19)15-9-8-13-6-3-4-7-14(13)10-15/h8-12,17H,2-7H2,1H3,(H,25,26)(H,22,23,24). The molecule has 1 aliphatic carbocycles. The number of carbonyl (C=O) groups is 1. The third kappa shape index (κ3) is 3.54. The van der Waals surface area contributed by atoms with E-state index in [1.165, 1.54) is 30.3 Å². The molecule has 1 atom stereocenters. The molecule has 1 aliphatic rings. The molecule has 1 aromatic carbocycles. The van der Waals surface area contributed by atoms with Gasteiger partial charge in [0.05, 0.1) is 5.39 Å². The molecular formula is C21H23N3O2S. The molecule has 0 fully saturated rings. The molecule has 0 bridgehead atoms. The molecular weight excluding hydrogens is 358 g/mol. The van der Waals surface area contributed by atoms with Crippen LogP contribution in [0, 0.1) is 0 Å². The largest absolute Gasteiger partial charge is 0.480 e. The second kappa shape index (κ2) is 7.64. The number of aliphatic carboxylic acids is 1. The van der Waals surface area contributed by atoms with Gasteiger partial charge < -0.3 is 10.4 Å². The first-order chi connectivity index (χ1) is 13.2. The fourth-order valence-corrected chi connectivity index (χ4v) is 4.72. The number of anilines is 1. The monoisotopic (exact) mass is 381 g/mol. The van der Waals surface area contributed by atoms with Crippen LogP contribution in [-0.2, 0) is 17.6 Å². The Morgan fingerprint density at radius 3 is 2.85 bits per heavy atom. The summed E-state index contributed by atoms with van der Waals surface area (Å²) in [4.78, 5) is 21.2. The zero-order chi connectivity index (χ0) is 18.8. The Balaban J connectivity index is 1.77. The Kier molecular flexibility index (Phi) is 5.07. The lowest BCUT2D eigenvalue weighted by molar-refractivity contribution is -0.138. The van der Waals surface area contributed by atoms with Gasteiger partial charge in [-0.1, -0.05) is 31.5 Å². The minimum absolute atomic E-state index is 0.555. The maximum Gasteiger partial charge on any atom is 0.326 e. The van der Waals surface area contributed by atoms with Crippen LogP contribution in [0.2, 0.25) is 0 Å². The number of aromatic nitrogens is 2. The number of thiophene rings is 1. The van der Waals surface area contributed by atoms with Crippen molar-refractivity contribution in [3.8, 4) is 11.1 Å². The summed E-state index contributed by atoms with van der Waals surface area (Å²) in [5.41, 5.74) is 5.11. The van der Waals surface area contributed by atoms with Gasteiger partial charge in [-0.2, -0.15) is 0 Å². The van der Waals surface area contributed by atoms with E-state index in [4.69, 9.17) is 0 Å². The number of nitrogens with zero attached hydrogens (tertiary/aromatic N) is 2. The minimum atomic E-state index is -0.853. The molecule has 0 radical (unpaired) electrons. The lowest BCUT2D eigenvalue weighted by Crippen LogP contribution is -2.29. The van der Waals surface area contributed by atoms with E-state index in [1.807, 2.05) is 6.92 Å². The zero-order valence-electron chi connectivity index (χ0n) is 15.4. The SMILES string of the molecule is CCCC(Nc1ncnc2scc(-c3ccc4c(c3)CCCC4)c12)C(=O)O. The number of rotatable bonds is 6. The normalized spacial score (nSPS) is 14.7. The van der Waals surface area contributed by atoms with Gasteiger partial charge >= 0.3 is 5.97 Å². The number of hydrogen-bond donors (Lipinski definition) is 2. The van der Waals surface area contributed by atoms with Crippen molar-refractivity contribution in [2.24, 2.45) is 0 Å². The first-order valence-corrected chi connectivity index (χ1v) is 10.4. The molecule has 4 rings (SSSR count). The van der Waals surface area contributed by atoms with E-state index in [0.717, 1.165) is 40.6 Å². The van der Waals surface area contributed by atoms with Gasteiger partial charge in [0.2, 0.25) is 0 Å². The van der Waals surface area contributed by atoms with E-state index >= 15 is 0 Å². The highest BCUT2D eigenvalue weighted by molar-refractivity contribution is 7.17. The van der Waals surface area contributed by atoms with Crippen LogP contribution >= 0.6 is 11.3 Å². The lowest BCUT2D eigenvalue weighted by Gasteiger charge is -2.17. The van der Waals surface area contributed by atoms with Crippen molar-refractivity contribution in [1.29, 1.82) is 0 Å². The zero-order valence-corrected chi connectivity index (χ0v) is 16.2. The molecule has 0 amide bonds. The smallest absolute Gasteiger partial charge is 0.326 e. The summed E-state index contributed by atoms with van der Waals surface area (Å²) < 4.78 is 0. The fourth-order valence-electron chi connectivity index (χ4n) is 3.81. The highest BCUT2D eigenvalue weighted by atomic mass is 32.1. The maximum absolute atomic E-state index is 11.6. The molecule has 1 unspecified atom stereocenters. The van der Waals surface area contributed by atoms with Crippen LogP contribution in [0.5, 0.6) is 0 Å². The number of nitrogens with one attached hydrogen (secondary N) is 1. The Morgan fingerprint density at radius 1 is 1.26 bits per heavy atom. The van der Waals surface area contributed by atoms with Gasteiger partial charge in [0, 0.05) is 10.9 Å². The van der Waals surface area contributed by atoms with E-state index in [0.29, 0.717) is 12.2 Å². The molecule has 0 spiro atoms. The summed E-state index contributed by atoms with van der Waals surface area (Å²) in [7, 11) is 0. The van der Waals surface area contributed by atoms with Gasteiger partial charge in [0.15, 0.2) is 0 Å². The first-order valence-electron chi connectivity index (χ1n) is 9.51. The van der Waals surface area contributed by atoms with E-state index < -0.39 is 12.0 Å². The Hall–Kier alpha value is -2.47. The summed E-state index contributed by atoms with van der Waals surface area (Å²) in [6, 6.07) is 6.04. The summed E-state index contributed by atoms with van der Waals surface area (Å²) in [5.74, 6) is -0.246. The summed E-state index contributed by atoms with van der Waals surface area (Å²) in [6.07, 6.45) is 7.65. The highest BCUT2D eigenvalue weighted by Crippen LogP contribution is 2.38. The minimum Gasteiger partial charge on any atom is -0.480 e. The molecule has 140 valence electrons. The fraction of sp³-hybridized carbons (Fsp3) is 0.381. The van der Waals surface area contributed by atoms with Gasteiger partial charge in [0.1, 0.15) is 23.0 Å². The molecule has 0 aliphatic heterocycles. The van der Waals surface area contributed by atoms with Crippen molar-refractivity contribution in [2.45, 2.75) is 51.5 Å². The van der Waals surface area contributed by atoms with E-state index in [-0.39, 0.29) is 0 Å². The number of carboxylic acid groups (broad SMARTS) is 1. The predicted molar refractivity (Wildman–Crippen MR) is 109 cm³/mol. The van der Waals surface area contributed by atoms with Crippen molar-refractivity contribution >= 4 is 33.3 Å². The molecule has 2 aromatic heterocycles. The summed E-state index contributed by atoms with van der Waals surface area (Å²) >= 11 is 1.57. The lowest BCUT2D eigenvalue weighted by atomic mass is 9.89. The van der Waals surface area contributed by atoms with Gasteiger partial charge in [-0.3, -0.25) is 0 Å². The average molecular weight is 382 g/mol. The van der Waals surface area contributed by atoms with Crippen molar-refractivity contribution in [2.75, 3.05) is 5.32 Å². The van der Waals surface area contributed by atoms with Crippen molar-refractivity contribution in [3.05, 3.63) is 41.0 Å². The molecule has 0 saturated heterocycles. The number of fused-ring (bicyclic) bond motifs is 2. The van der Waals surface area contributed by atoms with Crippen LogP contribution in [0.15, 0.2) is 29.9 Å². The van der Waals surface area contributed by atoms with Crippen LogP contribution in [0.3, 0.4) is 0 Å². The van der Waals surface area contributed by atoms with Crippen molar-refractivity contribution in [1.82, 2.24) is 9.97 Å². The van der Waals surface area contributed by atoms with Crippen molar-refractivity contribution < 1.29 is 9.90 Å². The van der Waals surface area contributed by atoms with Crippen molar-refractivity contribution in [3.63, 3.8) is 0 Å². The van der Waals surface area contributed by atoms with E-state index in [9.17, 15) is 9.90 Å². The molecule has 0 saturated carbocycles. The van der Waals surface area contributed by atoms with Crippen LogP contribution in [0.25, 0.3) is 21.3 Å². The topological polar surface area (TPSA) is 75.1 Å². The molecule has 27 heavy (non-hydrogen) atoms. The second-order valence-electron chi connectivity index (χ2n) is 7.07. The summed E-state index contributed by atoms with van der Waals surface area (Å²) in [6.45, 7) is 1.98. The Morgan fingerprint density at radius 2 is 2.07 bits per heavy atom. The van der Waals surface area contributed by atoms with Gasteiger partial charge in [0.25, 0.3) is 0 Å². The maximum atomic E-state index is 11.6. The quantitative estimate of drug-likeness (QED) is 0.635. The molecule has 3 aromatic rings. The third-order valence-corrected chi connectivity index (χ3v) is 6.10. The van der Waals surface area contributed by atoms with Gasteiger partial charge in [-0.15, -0.1) is 11.3 Å². The predicted octanol–water partition coefficient (Wildman–Crippen LogP) is 4.90. The highest BCUT2D eigenvalue weighted by Gasteiger charge is 2.21. The number of carboxylic acids is 1. The average Bonchev–Trinajstić information content (AvgIpc) is 3.12. The molecule has 5 nitrogen and oxygen atoms in total. The number of aryl methyl sites for hydroxylation is 2.